The van der Waals surface area contributed by atoms with Crippen molar-refractivity contribution in [1.29, 1.82) is 0 Å². The van der Waals surface area contributed by atoms with Gasteiger partial charge in [-0.2, -0.15) is 0 Å². The second-order valence-electron chi connectivity index (χ2n) is 6.42. The smallest absolute Gasteiger partial charge is 0.295 e. The predicted octanol–water partition coefficient (Wildman–Crippen LogP) is 2.06. The predicted molar refractivity (Wildman–Crippen MR) is 98.2 cm³/mol. The molecule has 1 atom stereocenters. The monoisotopic (exact) mass is 351 g/mol. The summed E-state index contributed by atoms with van der Waals surface area (Å²) in [5, 5.41) is 10.8. The summed E-state index contributed by atoms with van der Waals surface area (Å²) in [5.74, 6) is -1.47. The third-order valence-corrected chi connectivity index (χ3v) is 4.34. The Morgan fingerprint density at radius 1 is 1.12 bits per heavy atom. The van der Waals surface area contributed by atoms with E-state index in [1.807, 2.05) is 25.1 Å². The van der Waals surface area contributed by atoms with Crippen molar-refractivity contribution in [3.63, 3.8) is 0 Å². The summed E-state index contributed by atoms with van der Waals surface area (Å²) in [7, 11) is 3.80. The molecule has 1 N–H and O–H groups in total. The number of aliphatic hydroxyl groups excluding tert-OH is 1. The summed E-state index contributed by atoms with van der Waals surface area (Å²) in [6, 6.07) is 13.4. The average Bonchev–Trinajstić information content (AvgIpc) is 2.91. The van der Waals surface area contributed by atoms with E-state index in [0.29, 0.717) is 24.3 Å². The first-order valence-electron chi connectivity index (χ1n) is 8.40. The molecule has 6 heteroatoms. The lowest BCUT2D eigenvalue weighted by Crippen LogP contribution is -2.35. The maximum Gasteiger partial charge on any atom is 0.295 e. The number of aromatic nitrogens is 1. The molecular weight excluding hydrogens is 330 g/mol. The van der Waals surface area contributed by atoms with Crippen molar-refractivity contribution >= 4 is 17.4 Å². The number of aliphatic hydroxyl groups is 1. The fourth-order valence-corrected chi connectivity index (χ4v) is 3.02. The Kier molecular flexibility index (Phi) is 5.14. The molecule has 0 spiro atoms. The van der Waals surface area contributed by atoms with Gasteiger partial charge in [0.1, 0.15) is 11.8 Å². The molecule has 6 nitrogen and oxygen atoms in total. The molecule has 0 radical (unpaired) electrons. The van der Waals surface area contributed by atoms with Crippen LogP contribution in [0.1, 0.15) is 17.3 Å². The minimum atomic E-state index is -0.698. The van der Waals surface area contributed by atoms with Crippen molar-refractivity contribution < 1.29 is 14.7 Å². The van der Waals surface area contributed by atoms with Crippen LogP contribution >= 0.6 is 0 Å². The molecular formula is C20H21N3O3. The molecule has 1 amide bonds. The van der Waals surface area contributed by atoms with Crippen LogP contribution in [0.15, 0.2) is 60.3 Å². The molecule has 1 saturated heterocycles. The van der Waals surface area contributed by atoms with E-state index in [4.69, 9.17) is 0 Å². The number of ketones is 1. The first-order valence-corrected chi connectivity index (χ1v) is 8.40. The van der Waals surface area contributed by atoms with Gasteiger partial charge in [0.05, 0.1) is 11.3 Å². The third kappa shape index (κ3) is 3.36. The van der Waals surface area contributed by atoms with E-state index < -0.39 is 17.7 Å². The van der Waals surface area contributed by atoms with E-state index >= 15 is 0 Å². The number of benzene rings is 1. The molecule has 0 aliphatic carbocycles. The quantitative estimate of drug-likeness (QED) is 0.507. The average molecular weight is 351 g/mol. The molecule has 1 aromatic carbocycles. The van der Waals surface area contributed by atoms with Crippen LogP contribution in [0.25, 0.3) is 5.76 Å². The summed E-state index contributed by atoms with van der Waals surface area (Å²) in [5.41, 5.74) is 1.14. The van der Waals surface area contributed by atoms with Gasteiger partial charge < -0.3 is 14.9 Å². The van der Waals surface area contributed by atoms with Crippen LogP contribution < -0.4 is 0 Å². The van der Waals surface area contributed by atoms with Crippen LogP contribution in [0, 0.1) is 0 Å². The zero-order chi connectivity index (χ0) is 18.7. The summed E-state index contributed by atoms with van der Waals surface area (Å²) >= 11 is 0. The molecule has 1 aliphatic heterocycles. The van der Waals surface area contributed by atoms with E-state index in [0.717, 1.165) is 0 Å². The summed E-state index contributed by atoms with van der Waals surface area (Å²) in [4.78, 5) is 33.1. The van der Waals surface area contributed by atoms with Gasteiger partial charge in [-0.15, -0.1) is 0 Å². The highest BCUT2D eigenvalue weighted by Gasteiger charge is 2.46. The highest BCUT2D eigenvalue weighted by Crippen LogP contribution is 2.38. The minimum Gasteiger partial charge on any atom is -0.507 e. The van der Waals surface area contributed by atoms with Crippen molar-refractivity contribution in [2.24, 2.45) is 0 Å². The fourth-order valence-electron chi connectivity index (χ4n) is 3.02. The third-order valence-electron chi connectivity index (χ3n) is 4.34. The molecule has 0 saturated carbocycles. The van der Waals surface area contributed by atoms with Crippen molar-refractivity contribution in [2.75, 3.05) is 27.2 Å². The molecule has 2 heterocycles. The normalized spacial score (nSPS) is 19.3. The first-order chi connectivity index (χ1) is 12.5. The van der Waals surface area contributed by atoms with Gasteiger partial charge in [-0.3, -0.25) is 14.6 Å². The van der Waals surface area contributed by atoms with Gasteiger partial charge in [0.2, 0.25) is 0 Å². The number of rotatable bonds is 5. The Morgan fingerprint density at radius 3 is 2.42 bits per heavy atom. The molecule has 26 heavy (non-hydrogen) atoms. The molecule has 1 unspecified atom stereocenters. The number of carbonyl (C=O) groups excluding carboxylic acids is 2. The van der Waals surface area contributed by atoms with Gasteiger partial charge in [-0.1, -0.05) is 36.4 Å². The van der Waals surface area contributed by atoms with Crippen LogP contribution in [-0.4, -0.2) is 58.8 Å². The second-order valence-corrected chi connectivity index (χ2v) is 6.42. The molecule has 1 fully saturated rings. The van der Waals surface area contributed by atoms with Crippen LogP contribution in [-0.2, 0) is 9.59 Å². The lowest BCUT2D eigenvalue weighted by Gasteiger charge is -2.25. The van der Waals surface area contributed by atoms with Gasteiger partial charge in [0, 0.05) is 24.8 Å². The van der Waals surface area contributed by atoms with E-state index in [1.165, 1.54) is 4.90 Å². The van der Waals surface area contributed by atoms with Gasteiger partial charge in [-0.05, 0) is 26.2 Å². The number of amides is 1. The number of nitrogens with zero attached hydrogens (tertiary/aromatic N) is 3. The zero-order valence-corrected chi connectivity index (χ0v) is 14.8. The SMILES string of the molecule is CN(C)CCN1C(=O)C(=O)C(=C(O)c2ccccc2)C1c1ccccn1. The van der Waals surface area contributed by atoms with Crippen LogP contribution in [0.5, 0.6) is 0 Å². The molecule has 3 rings (SSSR count). The fraction of sp³-hybridized carbons (Fsp3) is 0.250. The highest BCUT2D eigenvalue weighted by atomic mass is 16.3. The molecule has 134 valence electrons. The van der Waals surface area contributed by atoms with Gasteiger partial charge in [0.15, 0.2) is 0 Å². The lowest BCUT2D eigenvalue weighted by atomic mass is 9.98. The zero-order valence-electron chi connectivity index (χ0n) is 14.8. The van der Waals surface area contributed by atoms with E-state index in [1.54, 1.807) is 48.7 Å². The van der Waals surface area contributed by atoms with E-state index in [-0.39, 0.29) is 11.3 Å². The maximum atomic E-state index is 12.7. The Morgan fingerprint density at radius 2 is 1.81 bits per heavy atom. The lowest BCUT2D eigenvalue weighted by molar-refractivity contribution is -0.140. The Hall–Kier alpha value is -2.99. The van der Waals surface area contributed by atoms with Crippen LogP contribution in [0.2, 0.25) is 0 Å². The molecule has 1 aromatic heterocycles. The minimum absolute atomic E-state index is 0.0821. The van der Waals surface area contributed by atoms with Gasteiger partial charge in [0.25, 0.3) is 11.7 Å². The standard InChI is InChI=1S/C20H21N3O3/c1-22(2)12-13-23-17(15-10-6-7-11-21-15)16(19(25)20(23)26)18(24)14-8-4-3-5-9-14/h3-11,17,24H,12-13H2,1-2H3. The number of pyridine rings is 1. The Bertz CT molecular complexity index is 832. The number of hydrogen-bond donors (Lipinski definition) is 1. The maximum absolute atomic E-state index is 12.7. The summed E-state index contributed by atoms with van der Waals surface area (Å²) in [6.45, 7) is 0.964. The van der Waals surface area contributed by atoms with Crippen molar-refractivity contribution in [1.82, 2.24) is 14.8 Å². The van der Waals surface area contributed by atoms with Crippen molar-refractivity contribution in [3.8, 4) is 0 Å². The number of likely N-dealkylation sites (N-methyl/N-ethyl adjacent to an activating group) is 1. The Balaban J connectivity index is 2.12. The van der Waals surface area contributed by atoms with Gasteiger partial charge in [-0.25, -0.2) is 0 Å². The Labute approximate surface area is 152 Å². The first kappa shape index (κ1) is 17.8. The van der Waals surface area contributed by atoms with E-state index in [9.17, 15) is 14.7 Å². The van der Waals surface area contributed by atoms with Crippen molar-refractivity contribution in [2.45, 2.75) is 6.04 Å². The van der Waals surface area contributed by atoms with E-state index in [2.05, 4.69) is 4.98 Å². The number of likely N-dealkylation sites (tertiary alicyclic amines) is 1. The number of carbonyl (C=O) groups is 2. The molecule has 0 bridgehead atoms. The highest BCUT2D eigenvalue weighted by molar-refractivity contribution is 6.46. The number of Topliss-reactive ketones (excluding diaryl/α,β-unsaturated/α-hetero) is 1. The molecule has 1 aliphatic rings. The second kappa shape index (κ2) is 7.49. The van der Waals surface area contributed by atoms with Crippen LogP contribution in [0.3, 0.4) is 0 Å². The largest absolute Gasteiger partial charge is 0.507 e. The topological polar surface area (TPSA) is 73.7 Å². The number of hydrogen-bond acceptors (Lipinski definition) is 5. The summed E-state index contributed by atoms with van der Waals surface area (Å²) in [6.07, 6.45) is 1.61. The van der Waals surface area contributed by atoms with Crippen LogP contribution in [0.4, 0.5) is 0 Å². The van der Waals surface area contributed by atoms with Gasteiger partial charge >= 0.3 is 0 Å². The van der Waals surface area contributed by atoms with Crippen molar-refractivity contribution in [3.05, 3.63) is 71.6 Å². The summed E-state index contributed by atoms with van der Waals surface area (Å²) < 4.78 is 0. The molecule has 2 aromatic rings.